The average Bonchev–Trinajstić information content (AvgIpc) is 2.56. The molecule has 0 saturated carbocycles. The second kappa shape index (κ2) is 8.23. The maximum Gasteiger partial charge on any atom is 0.329 e. The van der Waals surface area contributed by atoms with Gasteiger partial charge < -0.3 is 0 Å². The van der Waals surface area contributed by atoms with Gasteiger partial charge >= 0.3 is 5.69 Å². The zero-order chi connectivity index (χ0) is 20.4. The summed E-state index contributed by atoms with van der Waals surface area (Å²) in [5, 5.41) is 0.723. The molecule has 0 aliphatic rings. The van der Waals surface area contributed by atoms with Gasteiger partial charge in [0.1, 0.15) is 0 Å². The lowest BCUT2D eigenvalue weighted by atomic mass is 10.1. The third-order valence-corrected chi connectivity index (χ3v) is 5.76. The molecule has 4 nitrogen and oxygen atoms in total. The maximum atomic E-state index is 12.7. The Balaban J connectivity index is 2.15. The third-order valence-electron chi connectivity index (χ3n) is 4.63. The number of aromatic amines is 1. The van der Waals surface area contributed by atoms with Crippen molar-refractivity contribution in [3.8, 4) is 0 Å². The van der Waals surface area contributed by atoms with Gasteiger partial charge in [-0.05, 0) is 62.9 Å². The van der Waals surface area contributed by atoms with Crippen LogP contribution in [0.15, 0.2) is 55.9 Å². The number of aryl methyl sites for hydroxylation is 4. The molecule has 0 bridgehead atoms. The molecule has 0 aliphatic carbocycles. The molecule has 146 valence electrons. The molecule has 0 spiro atoms. The first-order chi connectivity index (χ1) is 13.3. The number of benzene rings is 2. The molecule has 0 radical (unpaired) electrons. The van der Waals surface area contributed by atoms with Gasteiger partial charge in [-0.25, -0.2) is 4.79 Å². The number of hydrogen-bond donors (Lipinski definition) is 1. The minimum Gasteiger partial charge on any atom is -0.283 e. The van der Waals surface area contributed by atoms with E-state index in [0.717, 1.165) is 37.7 Å². The fraction of sp³-hybridized carbons (Fsp3) is 0.304. The first-order valence-electron chi connectivity index (χ1n) is 9.46. The number of aromatic nitrogens is 2. The molecule has 0 aliphatic heterocycles. The number of nitrogens with zero attached hydrogens (tertiary/aromatic N) is 1. The van der Waals surface area contributed by atoms with Crippen molar-refractivity contribution in [1.82, 2.24) is 9.55 Å². The van der Waals surface area contributed by atoms with E-state index < -0.39 is 0 Å². The van der Waals surface area contributed by atoms with Gasteiger partial charge in [-0.3, -0.25) is 14.3 Å². The predicted octanol–water partition coefficient (Wildman–Crippen LogP) is 4.53. The molecule has 1 aromatic heterocycles. The molecule has 2 aromatic carbocycles. The predicted molar refractivity (Wildman–Crippen MR) is 116 cm³/mol. The summed E-state index contributed by atoms with van der Waals surface area (Å²) >= 11 is 1.49. The molecule has 0 fully saturated rings. The summed E-state index contributed by atoms with van der Waals surface area (Å²) in [6.07, 6.45) is 0.565. The number of nitrogens with one attached hydrogen (secondary N) is 1. The van der Waals surface area contributed by atoms with E-state index in [0.29, 0.717) is 18.5 Å². The van der Waals surface area contributed by atoms with Crippen LogP contribution >= 0.6 is 11.8 Å². The van der Waals surface area contributed by atoms with Crippen LogP contribution in [-0.4, -0.2) is 9.55 Å². The highest BCUT2D eigenvalue weighted by molar-refractivity contribution is 7.99. The van der Waals surface area contributed by atoms with E-state index in [1.165, 1.54) is 11.8 Å². The SMILES string of the molecule is CCc1c(Sc2cc(C)cc(C)c2)n(Cc2cc(C)cc(C)c2)c(=O)[nH]c1=O. The second-order valence-corrected chi connectivity index (χ2v) is 8.47. The first kappa shape index (κ1) is 20.2. The van der Waals surface area contributed by atoms with Gasteiger partial charge in [0.25, 0.3) is 5.56 Å². The minimum atomic E-state index is -0.367. The summed E-state index contributed by atoms with van der Waals surface area (Å²) in [4.78, 5) is 28.7. The summed E-state index contributed by atoms with van der Waals surface area (Å²) in [6.45, 7) is 10.6. The van der Waals surface area contributed by atoms with Crippen molar-refractivity contribution in [2.24, 2.45) is 0 Å². The van der Waals surface area contributed by atoms with Crippen LogP contribution in [0.25, 0.3) is 0 Å². The van der Waals surface area contributed by atoms with Crippen LogP contribution in [-0.2, 0) is 13.0 Å². The van der Waals surface area contributed by atoms with Gasteiger partial charge in [0.2, 0.25) is 0 Å². The summed E-state index contributed by atoms with van der Waals surface area (Å²) in [6, 6.07) is 12.6. The maximum absolute atomic E-state index is 12.7. The standard InChI is InChI=1S/C23H26N2O2S/c1-6-20-21(26)24-23(27)25(13-18-9-14(2)7-15(3)10-18)22(20)28-19-11-16(4)8-17(5)12-19/h7-12H,6,13H2,1-5H3,(H,24,26,27). The Morgan fingerprint density at radius 2 is 1.39 bits per heavy atom. The van der Waals surface area contributed by atoms with E-state index in [4.69, 9.17) is 0 Å². The van der Waals surface area contributed by atoms with Crippen LogP contribution in [0.1, 0.15) is 40.3 Å². The lowest BCUT2D eigenvalue weighted by molar-refractivity contribution is 0.634. The van der Waals surface area contributed by atoms with E-state index in [1.807, 2.05) is 6.92 Å². The molecular weight excluding hydrogens is 368 g/mol. The molecule has 0 saturated heterocycles. The van der Waals surface area contributed by atoms with E-state index in [2.05, 4.69) is 69.1 Å². The molecule has 0 unspecified atom stereocenters. The van der Waals surface area contributed by atoms with Gasteiger partial charge in [0.05, 0.1) is 11.6 Å². The van der Waals surface area contributed by atoms with E-state index in [9.17, 15) is 9.59 Å². The molecule has 0 amide bonds. The highest BCUT2D eigenvalue weighted by Gasteiger charge is 2.16. The average molecular weight is 395 g/mol. The normalized spacial score (nSPS) is 11.0. The fourth-order valence-electron chi connectivity index (χ4n) is 3.61. The minimum absolute atomic E-state index is 0.295. The van der Waals surface area contributed by atoms with Gasteiger partial charge in [-0.15, -0.1) is 0 Å². The molecule has 3 rings (SSSR count). The van der Waals surface area contributed by atoms with Crippen LogP contribution in [0.3, 0.4) is 0 Å². The molecule has 1 N–H and O–H groups in total. The molecule has 3 aromatic rings. The second-order valence-electron chi connectivity index (χ2n) is 7.40. The lowest BCUT2D eigenvalue weighted by Gasteiger charge is -2.16. The van der Waals surface area contributed by atoms with Crippen LogP contribution in [0, 0.1) is 27.7 Å². The zero-order valence-electron chi connectivity index (χ0n) is 17.1. The van der Waals surface area contributed by atoms with Crippen molar-refractivity contribution < 1.29 is 0 Å². The Morgan fingerprint density at radius 3 is 1.93 bits per heavy atom. The Morgan fingerprint density at radius 1 is 0.857 bits per heavy atom. The van der Waals surface area contributed by atoms with Crippen molar-refractivity contribution in [3.63, 3.8) is 0 Å². The Labute approximate surface area is 169 Å². The summed E-state index contributed by atoms with van der Waals surface area (Å²) in [7, 11) is 0. The molecule has 0 atom stereocenters. The van der Waals surface area contributed by atoms with Crippen LogP contribution < -0.4 is 11.2 Å². The third kappa shape index (κ3) is 4.47. The summed E-state index contributed by atoms with van der Waals surface area (Å²) in [5.74, 6) is 0. The summed E-state index contributed by atoms with van der Waals surface area (Å²) in [5.41, 5.74) is 5.67. The van der Waals surface area contributed by atoms with Crippen molar-refractivity contribution in [1.29, 1.82) is 0 Å². The van der Waals surface area contributed by atoms with Crippen molar-refractivity contribution >= 4 is 11.8 Å². The van der Waals surface area contributed by atoms with Gasteiger partial charge in [-0.1, -0.05) is 54.1 Å². The van der Waals surface area contributed by atoms with Crippen LogP contribution in [0.5, 0.6) is 0 Å². The van der Waals surface area contributed by atoms with Crippen molar-refractivity contribution in [2.75, 3.05) is 0 Å². The fourth-order valence-corrected chi connectivity index (χ4v) is 4.94. The van der Waals surface area contributed by atoms with Gasteiger partial charge in [0.15, 0.2) is 0 Å². The topological polar surface area (TPSA) is 54.9 Å². The smallest absolute Gasteiger partial charge is 0.283 e. The lowest BCUT2D eigenvalue weighted by Crippen LogP contribution is -2.34. The molecule has 5 heteroatoms. The first-order valence-corrected chi connectivity index (χ1v) is 10.3. The van der Waals surface area contributed by atoms with Gasteiger partial charge in [0, 0.05) is 10.5 Å². The van der Waals surface area contributed by atoms with Crippen LogP contribution in [0.4, 0.5) is 0 Å². The van der Waals surface area contributed by atoms with E-state index in [1.54, 1.807) is 4.57 Å². The number of hydrogen-bond acceptors (Lipinski definition) is 3. The molecule has 28 heavy (non-hydrogen) atoms. The van der Waals surface area contributed by atoms with E-state index >= 15 is 0 Å². The highest BCUT2D eigenvalue weighted by atomic mass is 32.2. The van der Waals surface area contributed by atoms with Crippen molar-refractivity contribution in [2.45, 2.75) is 57.5 Å². The summed E-state index contributed by atoms with van der Waals surface area (Å²) < 4.78 is 1.69. The van der Waals surface area contributed by atoms with Crippen molar-refractivity contribution in [3.05, 3.63) is 90.6 Å². The quantitative estimate of drug-likeness (QED) is 0.647. The zero-order valence-corrected chi connectivity index (χ0v) is 17.9. The van der Waals surface area contributed by atoms with Crippen LogP contribution in [0.2, 0.25) is 0 Å². The Hall–Kier alpha value is -2.53. The molecular formula is C23H26N2O2S. The Kier molecular flexibility index (Phi) is 5.94. The van der Waals surface area contributed by atoms with Gasteiger partial charge in [-0.2, -0.15) is 0 Å². The highest BCUT2D eigenvalue weighted by Crippen LogP contribution is 2.30. The number of rotatable bonds is 5. The Bertz CT molecular complexity index is 1100. The molecule has 1 heterocycles. The van der Waals surface area contributed by atoms with E-state index in [-0.39, 0.29) is 11.2 Å². The number of H-pyrrole nitrogens is 1. The monoisotopic (exact) mass is 394 g/mol. The largest absolute Gasteiger partial charge is 0.329 e.